The van der Waals surface area contributed by atoms with Crippen LogP contribution in [0.25, 0.3) is 0 Å². The number of rotatable bonds is 2. The quantitative estimate of drug-likeness (QED) is 0.850. The number of fused-ring (bicyclic) bond motifs is 1. The first kappa shape index (κ1) is 10.4. The van der Waals surface area contributed by atoms with E-state index < -0.39 is 0 Å². The van der Waals surface area contributed by atoms with E-state index >= 15 is 0 Å². The Kier molecular flexibility index (Phi) is 2.63. The van der Waals surface area contributed by atoms with Crippen molar-refractivity contribution in [2.45, 2.75) is 31.8 Å². The molecule has 17 heavy (non-hydrogen) atoms. The van der Waals surface area contributed by atoms with Gasteiger partial charge in [-0.25, -0.2) is 0 Å². The van der Waals surface area contributed by atoms with E-state index in [1.807, 2.05) is 12.1 Å². The molecular weight excluding hydrogens is 218 g/mol. The van der Waals surface area contributed by atoms with Crippen molar-refractivity contribution in [3.8, 4) is 11.5 Å². The highest BCUT2D eigenvalue weighted by Crippen LogP contribution is 2.29. The first-order valence-electron chi connectivity index (χ1n) is 6.04. The summed E-state index contributed by atoms with van der Waals surface area (Å²) < 4.78 is 11.3. The largest absolute Gasteiger partial charge is 0.490 e. The van der Waals surface area contributed by atoms with Crippen LogP contribution in [-0.4, -0.2) is 18.7 Å². The highest BCUT2D eigenvalue weighted by atomic mass is 16.5. The summed E-state index contributed by atoms with van der Waals surface area (Å²) in [5.41, 5.74) is 0.579. The molecule has 1 saturated carbocycles. The Balaban J connectivity index is 1.80. The summed E-state index contributed by atoms with van der Waals surface area (Å²) in [7, 11) is 0. The first-order valence-corrected chi connectivity index (χ1v) is 6.04. The average molecular weight is 233 g/mol. The Bertz CT molecular complexity index is 438. The molecule has 0 bridgehead atoms. The van der Waals surface area contributed by atoms with Gasteiger partial charge < -0.3 is 14.8 Å². The Labute approximate surface area is 99.9 Å². The maximum absolute atomic E-state index is 11.5. The van der Waals surface area contributed by atoms with Crippen molar-refractivity contribution in [1.82, 2.24) is 5.32 Å². The van der Waals surface area contributed by atoms with Crippen LogP contribution in [0.5, 0.6) is 11.5 Å². The van der Waals surface area contributed by atoms with E-state index in [4.69, 9.17) is 9.47 Å². The summed E-state index contributed by atoms with van der Waals surface area (Å²) in [5, 5.41) is 2.63. The fraction of sp³-hybridized carbons (Fsp3) is 0.462. The predicted molar refractivity (Wildman–Crippen MR) is 62.3 cm³/mol. The van der Waals surface area contributed by atoms with Gasteiger partial charge in [-0.05, 0) is 37.8 Å². The van der Waals surface area contributed by atoms with Gasteiger partial charge in [-0.2, -0.15) is 0 Å². The molecule has 2 aliphatic rings. The number of carbonyl (C=O) groups is 1. The first-order chi connectivity index (χ1) is 8.33. The van der Waals surface area contributed by atoms with Gasteiger partial charge in [-0.3, -0.25) is 4.79 Å². The third-order valence-corrected chi connectivity index (χ3v) is 3.26. The molecule has 0 radical (unpaired) electrons. The topological polar surface area (TPSA) is 47.6 Å². The van der Waals surface area contributed by atoms with Crippen LogP contribution >= 0.6 is 0 Å². The van der Waals surface area contributed by atoms with Gasteiger partial charge in [0.05, 0.1) is 11.7 Å². The smallest absolute Gasteiger partial charge is 0.257 e. The summed E-state index contributed by atoms with van der Waals surface area (Å²) >= 11 is 0. The summed E-state index contributed by atoms with van der Waals surface area (Å²) in [4.78, 5) is 11.5. The minimum Gasteiger partial charge on any atom is -0.490 e. The summed E-state index contributed by atoms with van der Waals surface area (Å²) in [5.74, 6) is 1.33. The van der Waals surface area contributed by atoms with Gasteiger partial charge in [-0.1, -0.05) is 0 Å². The number of nitrogens with one attached hydrogen (secondary N) is 1. The van der Waals surface area contributed by atoms with E-state index in [1.54, 1.807) is 6.07 Å². The lowest BCUT2D eigenvalue weighted by atomic mass is 10.1. The van der Waals surface area contributed by atoms with Crippen molar-refractivity contribution in [3.63, 3.8) is 0 Å². The number of hydrogen-bond acceptors (Lipinski definition) is 3. The zero-order valence-electron chi connectivity index (χ0n) is 9.57. The Morgan fingerprint density at radius 2 is 2.12 bits per heavy atom. The Morgan fingerprint density at radius 1 is 1.29 bits per heavy atom. The van der Waals surface area contributed by atoms with E-state index in [-0.39, 0.29) is 12.6 Å². The fourth-order valence-corrected chi connectivity index (χ4v) is 2.36. The molecular formula is C13H15NO3. The number of benzene rings is 1. The van der Waals surface area contributed by atoms with Gasteiger partial charge in [0, 0.05) is 6.07 Å². The van der Waals surface area contributed by atoms with Gasteiger partial charge in [0.25, 0.3) is 5.91 Å². The Hall–Kier alpha value is -1.71. The van der Waals surface area contributed by atoms with Crippen molar-refractivity contribution in [2.75, 3.05) is 6.73 Å². The molecule has 1 aromatic rings. The van der Waals surface area contributed by atoms with Crippen LogP contribution in [0.1, 0.15) is 36.0 Å². The number of amides is 1. The van der Waals surface area contributed by atoms with Gasteiger partial charge in [0.1, 0.15) is 11.5 Å². The molecule has 0 atom stereocenters. The van der Waals surface area contributed by atoms with Crippen LogP contribution in [0.2, 0.25) is 0 Å². The molecule has 4 heteroatoms. The SMILES string of the molecule is O=C1NCOc2cc(OC3CCCC3)ccc21. The maximum atomic E-state index is 11.5. The molecule has 1 heterocycles. The Morgan fingerprint density at radius 3 is 2.94 bits per heavy atom. The molecule has 90 valence electrons. The lowest BCUT2D eigenvalue weighted by Gasteiger charge is -2.19. The van der Waals surface area contributed by atoms with Crippen LogP contribution in [-0.2, 0) is 0 Å². The monoisotopic (exact) mass is 233 g/mol. The van der Waals surface area contributed by atoms with E-state index in [9.17, 15) is 4.79 Å². The summed E-state index contributed by atoms with van der Waals surface area (Å²) in [6.07, 6.45) is 5.06. The molecule has 4 nitrogen and oxygen atoms in total. The van der Waals surface area contributed by atoms with Crippen molar-refractivity contribution in [3.05, 3.63) is 23.8 Å². The third-order valence-electron chi connectivity index (χ3n) is 3.26. The fourth-order valence-electron chi connectivity index (χ4n) is 2.36. The molecule has 0 unspecified atom stereocenters. The molecule has 0 spiro atoms. The number of ether oxygens (including phenoxy) is 2. The van der Waals surface area contributed by atoms with Gasteiger partial charge >= 0.3 is 0 Å². The summed E-state index contributed by atoms with van der Waals surface area (Å²) in [6.45, 7) is 0.235. The zero-order chi connectivity index (χ0) is 11.7. The second-order valence-corrected chi connectivity index (χ2v) is 4.48. The van der Waals surface area contributed by atoms with Crippen LogP contribution in [0.15, 0.2) is 18.2 Å². The van der Waals surface area contributed by atoms with E-state index in [0.29, 0.717) is 17.4 Å². The normalized spacial score (nSPS) is 19.4. The molecule has 1 amide bonds. The van der Waals surface area contributed by atoms with Crippen molar-refractivity contribution in [2.24, 2.45) is 0 Å². The van der Waals surface area contributed by atoms with Gasteiger partial charge in [0.15, 0.2) is 6.73 Å². The molecule has 1 aromatic carbocycles. The highest BCUT2D eigenvalue weighted by molar-refractivity contribution is 5.97. The number of hydrogen-bond donors (Lipinski definition) is 1. The second kappa shape index (κ2) is 4.28. The van der Waals surface area contributed by atoms with Crippen LogP contribution < -0.4 is 14.8 Å². The van der Waals surface area contributed by atoms with Gasteiger partial charge in [0.2, 0.25) is 0 Å². The van der Waals surface area contributed by atoms with Gasteiger partial charge in [-0.15, -0.1) is 0 Å². The zero-order valence-corrected chi connectivity index (χ0v) is 9.57. The minimum atomic E-state index is -0.0846. The summed E-state index contributed by atoms with van der Waals surface area (Å²) in [6, 6.07) is 5.41. The molecule has 0 aromatic heterocycles. The average Bonchev–Trinajstić information content (AvgIpc) is 2.82. The highest BCUT2D eigenvalue weighted by Gasteiger charge is 2.20. The van der Waals surface area contributed by atoms with Crippen LogP contribution in [0.3, 0.4) is 0 Å². The lowest BCUT2D eigenvalue weighted by molar-refractivity contribution is 0.0882. The molecule has 1 aliphatic carbocycles. The van der Waals surface area contributed by atoms with Crippen molar-refractivity contribution in [1.29, 1.82) is 0 Å². The second-order valence-electron chi connectivity index (χ2n) is 4.48. The molecule has 1 fully saturated rings. The van der Waals surface area contributed by atoms with E-state index in [0.717, 1.165) is 18.6 Å². The number of carbonyl (C=O) groups excluding carboxylic acids is 1. The molecule has 0 saturated heterocycles. The molecule has 1 N–H and O–H groups in total. The lowest BCUT2D eigenvalue weighted by Crippen LogP contribution is -2.32. The third kappa shape index (κ3) is 2.07. The standard InChI is InChI=1S/C13H15NO3/c15-13-11-6-5-10(7-12(11)16-8-14-13)17-9-3-1-2-4-9/h5-7,9H,1-4,8H2,(H,14,15). The predicted octanol–water partition coefficient (Wildman–Crippen LogP) is 2.09. The maximum Gasteiger partial charge on any atom is 0.257 e. The molecule has 3 rings (SSSR count). The van der Waals surface area contributed by atoms with Crippen molar-refractivity contribution >= 4 is 5.91 Å². The van der Waals surface area contributed by atoms with E-state index in [2.05, 4.69) is 5.32 Å². The van der Waals surface area contributed by atoms with Crippen LogP contribution in [0.4, 0.5) is 0 Å². The van der Waals surface area contributed by atoms with E-state index in [1.165, 1.54) is 12.8 Å². The van der Waals surface area contributed by atoms with Crippen molar-refractivity contribution < 1.29 is 14.3 Å². The van der Waals surface area contributed by atoms with Crippen LogP contribution in [0, 0.1) is 0 Å². The minimum absolute atomic E-state index is 0.0846. The molecule has 1 aliphatic heterocycles.